The molecule has 0 saturated heterocycles. The van der Waals surface area contributed by atoms with Gasteiger partial charge in [0.25, 0.3) is 0 Å². The summed E-state index contributed by atoms with van der Waals surface area (Å²) in [7, 11) is 3.38. The van der Waals surface area contributed by atoms with Gasteiger partial charge in [0.15, 0.2) is 5.17 Å². The van der Waals surface area contributed by atoms with Gasteiger partial charge in [0.1, 0.15) is 11.5 Å². The van der Waals surface area contributed by atoms with Crippen LogP contribution < -0.4 is 9.47 Å². The van der Waals surface area contributed by atoms with Crippen LogP contribution in [0, 0.1) is 13.8 Å². The van der Waals surface area contributed by atoms with Crippen LogP contribution in [-0.2, 0) is 13.1 Å². The zero-order valence-electron chi connectivity index (χ0n) is 18.9. The first-order valence-corrected chi connectivity index (χ1v) is 11.5. The first kappa shape index (κ1) is 22.8. The van der Waals surface area contributed by atoms with E-state index in [4.69, 9.17) is 14.5 Å². The summed E-state index contributed by atoms with van der Waals surface area (Å²) in [6, 6.07) is 22.8. The summed E-state index contributed by atoms with van der Waals surface area (Å²) in [6.45, 7) is 5.75. The van der Waals surface area contributed by atoms with Gasteiger partial charge in [-0.1, -0.05) is 42.1 Å². The van der Waals surface area contributed by atoms with Crippen molar-refractivity contribution in [3.63, 3.8) is 0 Å². The molecule has 3 aromatic carbocycles. The third-order valence-corrected chi connectivity index (χ3v) is 5.95. The quantitative estimate of drug-likeness (QED) is 0.319. The van der Waals surface area contributed by atoms with Crippen LogP contribution in [0.2, 0.25) is 0 Å². The number of benzene rings is 3. The highest BCUT2D eigenvalue weighted by Gasteiger charge is 2.13. The average Bonchev–Trinajstić information content (AvgIpc) is 2.80. The van der Waals surface area contributed by atoms with Crippen molar-refractivity contribution in [3.8, 4) is 11.5 Å². The van der Waals surface area contributed by atoms with E-state index in [9.17, 15) is 0 Å². The molecular weight excluding hydrogens is 404 g/mol. The molecule has 4 nitrogen and oxygen atoms in total. The lowest BCUT2D eigenvalue weighted by Gasteiger charge is -2.26. The molecule has 162 valence electrons. The summed E-state index contributed by atoms with van der Waals surface area (Å²) in [5.41, 5.74) is 5.91. The van der Waals surface area contributed by atoms with E-state index in [0.29, 0.717) is 0 Å². The Bertz CT molecular complexity index is 965. The number of ether oxygens (including phenoxy) is 2. The smallest absolute Gasteiger partial charge is 0.164 e. The Morgan fingerprint density at radius 1 is 0.774 bits per heavy atom. The van der Waals surface area contributed by atoms with Crippen molar-refractivity contribution in [3.05, 3.63) is 89.0 Å². The molecule has 0 aliphatic carbocycles. The number of methoxy groups -OCH3 is 2. The van der Waals surface area contributed by atoms with Crippen LogP contribution in [0.4, 0.5) is 5.69 Å². The molecule has 3 rings (SSSR count). The number of hydrogen-bond donors (Lipinski definition) is 0. The fraction of sp³-hybridized carbons (Fsp3) is 0.269. The summed E-state index contributed by atoms with van der Waals surface area (Å²) >= 11 is 1.66. The van der Waals surface area contributed by atoms with E-state index in [2.05, 4.69) is 67.5 Å². The van der Waals surface area contributed by atoms with Crippen molar-refractivity contribution >= 4 is 22.6 Å². The molecule has 5 heteroatoms. The van der Waals surface area contributed by atoms with Crippen molar-refractivity contribution < 1.29 is 9.47 Å². The van der Waals surface area contributed by atoms with Gasteiger partial charge in [-0.2, -0.15) is 0 Å². The van der Waals surface area contributed by atoms with Crippen molar-refractivity contribution in [2.45, 2.75) is 26.9 Å². The molecule has 3 aromatic rings. The summed E-state index contributed by atoms with van der Waals surface area (Å²) in [6.07, 6.45) is 2.08. The predicted molar refractivity (Wildman–Crippen MR) is 132 cm³/mol. The first-order valence-electron chi connectivity index (χ1n) is 10.2. The number of thioether (sulfide) groups is 1. The van der Waals surface area contributed by atoms with Crippen LogP contribution in [0.15, 0.2) is 71.7 Å². The maximum atomic E-state index is 5.31. The van der Waals surface area contributed by atoms with Gasteiger partial charge in [0.2, 0.25) is 0 Å². The van der Waals surface area contributed by atoms with Crippen molar-refractivity contribution in [1.82, 2.24) is 4.90 Å². The average molecular weight is 435 g/mol. The highest BCUT2D eigenvalue weighted by molar-refractivity contribution is 8.13. The molecule has 31 heavy (non-hydrogen) atoms. The number of nitrogens with zero attached hydrogens (tertiary/aromatic N) is 2. The van der Waals surface area contributed by atoms with Crippen LogP contribution >= 0.6 is 11.8 Å². The van der Waals surface area contributed by atoms with Gasteiger partial charge in [-0.05, 0) is 78.8 Å². The Kier molecular flexibility index (Phi) is 8.01. The van der Waals surface area contributed by atoms with Gasteiger partial charge in [0, 0.05) is 13.1 Å². The van der Waals surface area contributed by atoms with Crippen molar-refractivity contribution in [1.29, 1.82) is 0 Å². The van der Waals surface area contributed by atoms with Gasteiger partial charge in [0.05, 0.1) is 19.9 Å². The summed E-state index contributed by atoms with van der Waals surface area (Å²) in [5, 5.41) is 0.981. The molecule has 0 aromatic heterocycles. The summed E-state index contributed by atoms with van der Waals surface area (Å²) in [4.78, 5) is 7.30. The third-order valence-electron chi connectivity index (χ3n) is 5.23. The highest BCUT2D eigenvalue weighted by Crippen LogP contribution is 2.23. The fourth-order valence-corrected chi connectivity index (χ4v) is 3.83. The second kappa shape index (κ2) is 10.9. The number of aryl methyl sites for hydroxylation is 2. The van der Waals surface area contributed by atoms with Crippen molar-refractivity contribution in [2.75, 3.05) is 20.5 Å². The molecule has 0 fully saturated rings. The first-order chi connectivity index (χ1) is 15.0. The van der Waals surface area contributed by atoms with E-state index in [1.807, 2.05) is 24.3 Å². The number of rotatable bonds is 7. The maximum absolute atomic E-state index is 5.31. The van der Waals surface area contributed by atoms with Gasteiger partial charge < -0.3 is 14.4 Å². The molecule has 0 unspecified atom stereocenters. The predicted octanol–water partition coefficient (Wildman–Crippen LogP) is 6.37. The highest BCUT2D eigenvalue weighted by atomic mass is 32.2. The summed E-state index contributed by atoms with van der Waals surface area (Å²) < 4.78 is 10.6. The van der Waals surface area contributed by atoms with Crippen LogP contribution in [-0.4, -0.2) is 30.5 Å². The van der Waals surface area contributed by atoms with E-state index in [1.54, 1.807) is 26.0 Å². The lowest BCUT2D eigenvalue weighted by atomic mass is 10.1. The Balaban J connectivity index is 1.92. The SMILES string of the molecule is COc1ccc(CN(Cc2ccc(OC)cc2)C(=Nc2ccc(C)c(C)c2)SC)cc1. The number of hydrogen-bond acceptors (Lipinski definition) is 4. The van der Waals surface area contributed by atoms with Crippen LogP contribution in [0.25, 0.3) is 0 Å². The second-order valence-electron chi connectivity index (χ2n) is 7.42. The van der Waals surface area contributed by atoms with Crippen LogP contribution in [0.3, 0.4) is 0 Å². The monoisotopic (exact) mass is 434 g/mol. The van der Waals surface area contributed by atoms with E-state index in [-0.39, 0.29) is 0 Å². The molecule has 0 bridgehead atoms. The number of amidine groups is 1. The lowest BCUT2D eigenvalue weighted by Crippen LogP contribution is -2.27. The molecule has 0 amide bonds. The normalized spacial score (nSPS) is 11.3. The van der Waals surface area contributed by atoms with Gasteiger partial charge in [-0.3, -0.25) is 0 Å². The van der Waals surface area contributed by atoms with Crippen LogP contribution in [0.5, 0.6) is 11.5 Å². The Hall–Kier alpha value is -2.92. The Morgan fingerprint density at radius 2 is 1.29 bits per heavy atom. The molecule has 0 atom stereocenters. The van der Waals surface area contributed by atoms with E-state index in [1.165, 1.54) is 22.3 Å². The molecule has 0 heterocycles. The lowest BCUT2D eigenvalue weighted by molar-refractivity contribution is 0.405. The molecule has 0 aliphatic heterocycles. The zero-order valence-corrected chi connectivity index (χ0v) is 19.7. The Morgan fingerprint density at radius 3 is 1.71 bits per heavy atom. The Labute approximate surface area is 189 Å². The molecule has 0 spiro atoms. The topological polar surface area (TPSA) is 34.1 Å². The van der Waals surface area contributed by atoms with Gasteiger partial charge >= 0.3 is 0 Å². The van der Waals surface area contributed by atoms with E-state index < -0.39 is 0 Å². The van der Waals surface area contributed by atoms with Crippen LogP contribution in [0.1, 0.15) is 22.3 Å². The van der Waals surface area contributed by atoms with Gasteiger partial charge in [-0.25, -0.2) is 4.99 Å². The standard InChI is InChI=1S/C26H30N2O2S/c1-19-6-11-23(16-20(19)2)27-26(31-5)28(17-21-7-12-24(29-3)13-8-21)18-22-9-14-25(30-4)15-10-22/h6-16H,17-18H2,1-5H3. The third kappa shape index (κ3) is 6.28. The zero-order chi connectivity index (χ0) is 22.2. The van der Waals surface area contributed by atoms with E-state index in [0.717, 1.165) is 35.4 Å². The molecule has 0 saturated carbocycles. The van der Waals surface area contributed by atoms with E-state index >= 15 is 0 Å². The molecule has 0 aliphatic rings. The molecule has 0 radical (unpaired) electrons. The van der Waals surface area contributed by atoms with Gasteiger partial charge in [-0.15, -0.1) is 0 Å². The number of aliphatic imine (C=N–C) groups is 1. The maximum Gasteiger partial charge on any atom is 0.164 e. The minimum absolute atomic E-state index is 0.751. The van der Waals surface area contributed by atoms with Crippen molar-refractivity contribution in [2.24, 2.45) is 4.99 Å². The largest absolute Gasteiger partial charge is 0.497 e. The molecular formula is C26H30N2O2S. The minimum Gasteiger partial charge on any atom is -0.497 e. The second-order valence-corrected chi connectivity index (χ2v) is 8.19. The minimum atomic E-state index is 0.751. The molecule has 0 N–H and O–H groups in total. The fourth-order valence-electron chi connectivity index (χ4n) is 3.24. The summed E-state index contributed by atoms with van der Waals surface area (Å²) in [5.74, 6) is 1.72.